The molecule has 22 heavy (non-hydrogen) atoms. The van der Waals surface area contributed by atoms with Crippen LogP contribution in [-0.2, 0) is 14.8 Å². The van der Waals surface area contributed by atoms with Gasteiger partial charge in [-0.3, -0.25) is 4.79 Å². The normalized spacial score (nSPS) is 11.9. The summed E-state index contributed by atoms with van der Waals surface area (Å²) in [4.78, 5) is 15.9. The summed E-state index contributed by atoms with van der Waals surface area (Å²) in [7, 11) is -0.519. The largest absolute Gasteiger partial charge is 0.355 e. The van der Waals surface area contributed by atoms with Crippen molar-refractivity contribution < 1.29 is 13.2 Å². The van der Waals surface area contributed by atoms with Gasteiger partial charge < -0.3 is 5.32 Å². The van der Waals surface area contributed by atoms with Crippen molar-refractivity contribution in [1.29, 1.82) is 0 Å². The van der Waals surface area contributed by atoms with Crippen LogP contribution in [0.4, 0.5) is 0 Å². The third kappa shape index (κ3) is 5.94. The van der Waals surface area contributed by atoms with Gasteiger partial charge in [-0.15, -0.1) is 0 Å². The lowest BCUT2D eigenvalue weighted by Crippen LogP contribution is -2.26. The summed E-state index contributed by atoms with van der Waals surface area (Å²) in [6.07, 6.45) is 2.26. The first-order valence-electron chi connectivity index (χ1n) is 7.01. The van der Waals surface area contributed by atoms with Gasteiger partial charge in [-0.1, -0.05) is 25.6 Å². The summed E-state index contributed by atoms with van der Waals surface area (Å²) < 4.78 is 24.9. The molecule has 0 saturated heterocycles. The molecule has 1 aromatic heterocycles. The predicted molar refractivity (Wildman–Crippen MR) is 88.3 cm³/mol. The molecule has 0 fully saturated rings. The lowest BCUT2D eigenvalue weighted by molar-refractivity contribution is -0.118. The molecule has 0 saturated carbocycles. The SMILES string of the molecule is CC(C)CCNC(=O)CSc1ccc(S(=O)(=O)N(C)C)cn1. The fraction of sp³-hybridized carbons (Fsp3) is 0.571. The van der Waals surface area contributed by atoms with Gasteiger partial charge in [0.2, 0.25) is 15.9 Å². The summed E-state index contributed by atoms with van der Waals surface area (Å²) in [5, 5.41) is 3.47. The molecule has 6 nitrogen and oxygen atoms in total. The number of rotatable bonds is 8. The van der Waals surface area contributed by atoms with E-state index >= 15 is 0 Å². The second-order valence-corrected chi connectivity index (χ2v) is 8.59. The van der Waals surface area contributed by atoms with E-state index in [9.17, 15) is 13.2 Å². The van der Waals surface area contributed by atoms with Gasteiger partial charge in [-0.25, -0.2) is 17.7 Å². The molecule has 0 unspecified atom stereocenters. The van der Waals surface area contributed by atoms with Gasteiger partial charge in [0.1, 0.15) is 4.90 Å². The highest BCUT2D eigenvalue weighted by atomic mass is 32.2. The number of hydrogen-bond acceptors (Lipinski definition) is 5. The van der Waals surface area contributed by atoms with Gasteiger partial charge in [-0.2, -0.15) is 0 Å². The average molecular weight is 345 g/mol. The second kappa shape index (κ2) is 8.50. The number of nitrogens with one attached hydrogen (secondary N) is 1. The van der Waals surface area contributed by atoms with Crippen LogP contribution in [0.1, 0.15) is 20.3 Å². The summed E-state index contributed by atoms with van der Waals surface area (Å²) in [5.41, 5.74) is 0. The van der Waals surface area contributed by atoms with Crippen LogP contribution in [0.3, 0.4) is 0 Å². The van der Waals surface area contributed by atoms with Crippen LogP contribution >= 0.6 is 11.8 Å². The third-order valence-corrected chi connectivity index (χ3v) is 5.63. The van der Waals surface area contributed by atoms with Crippen LogP contribution in [0.5, 0.6) is 0 Å². The van der Waals surface area contributed by atoms with Crippen LogP contribution in [0, 0.1) is 5.92 Å². The van der Waals surface area contributed by atoms with E-state index < -0.39 is 10.0 Å². The minimum atomic E-state index is -3.46. The topological polar surface area (TPSA) is 79.4 Å². The zero-order valence-corrected chi connectivity index (χ0v) is 15.0. The lowest BCUT2D eigenvalue weighted by Gasteiger charge is -2.11. The highest BCUT2D eigenvalue weighted by Gasteiger charge is 2.17. The Labute approximate surface area is 136 Å². The molecular formula is C14H23N3O3S2. The van der Waals surface area contributed by atoms with Crippen LogP contribution in [0.25, 0.3) is 0 Å². The first-order valence-corrected chi connectivity index (χ1v) is 9.44. The first kappa shape index (κ1) is 18.9. The Morgan fingerprint density at radius 1 is 1.36 bits per heavy atom. The van der Waals surface area contributed by atoms with Crippen molar-refractivity contribution in [2.45, 2.75) is 30.2 Å². The number of carbonyl (C=O) groups is 1. The van der Waals surface area contributed by atoms with Gasteiger partial charge in [0.05, 0.1) is 10.8 Å². The van der Waals surface area contributed by atoms with Gasteiger partial charge in [0.15, 0.2) is 0 Å². The van der Waals surface area contributed by atoms with Crippen LogP contribution in [0.15, 0.2) is 28.3 Å². The van der Waals surface area contributed by atoms with E-state index in [1.54, 1.807) is 6.07 Å². The molecule has 0 aromatic carbocycles. The van der Waals surface area contributed by atoms with E-state index in [0.717, 1.165) is 10.7 Å². The van der Waals surface area contributed by atoms with Gasteiger partial charge in [-0.05, 0) is 24.5 Å². The molecule has 0 spiro atoms. The van der Waals surface area contributed by atoms with E-state index in [1.807, 2.05) is 0 Å². The van der Waals surface area contributed by atoms with E-state index in [1.165, 1.54) is 38.1 Å². The zero-order valence-electron chi connectivity index (χ0n) is 13.4. The predicted octanol–water partition coefficient (Wildman–Crippen LogP) is 1.59. The molecule has 1 N–H and O–H groups in total. The van der Waals surface area contributed by atoms with Crippen molar-refractivity contribution in [1.82, 2.24) is 14.6 Å². The van der Waals surface area contributed by atoms with E-state index in [2.05, 4.69) is 24.1 Å². The fourth-order valence-corrected chi connectivity index (χ4v) is 3.03. The number of aromatic nitrogens is 1. The number of nitrogens with zero attached hydrogens (tertiary/aromatic N) is 2. The Balaban J connectivity index is 2.50. The highest BCUT2D eigenvalue weighted by molar-refractivity contribution is 7.99. The van der Waals surface area contributed by atoms with E-state index in [-0.39, 0.29) is 16.6 Å². The molecule has 0 aliphatic carbocycles. The first-order chi connectivity index (χ1) is 10.2. The van der Waals surface area contributed by atoms with Crippen molar-refractivity contribution in [3.05, 3.63) is 18.3 Å². The maximum atomic E-state index is 11.9. The van der Waals surface area contributed by atoms with Crippen molar-refractivity contribution in [3.8, 4) is 0 Å². The Morgan fingerprint density at radius 2 is 2.05 bits per heavy atom. The highest BCUT2D eigenvalue weighted by Crippen LogP contribution is 2.18. The number of pyridine rings is 1. The van der Waals surface area contributed by atoms with Crippen molar-refractivity contribution >= 4 is 27.7 Å². The molecule has 1 rings (SSSR count). The quantitative estimate of drug-likeness (QED) is 0.724. The number of amides is 1. The third-order valence-electron chi connectivity index (χ3n) is 2.88. The second-order valence-electron chi connectivity index (χ2n) is 5.44. The molecule has 8 heteroatoms. The van der Waals surface area contributed by atoms with E-state index in [4.69, 9.17) is 0 Å². The van der Waals surface area contributed by atoms with Gasteiger partial charge in [0.25, 0.3) is 0 Å². The molecule has 1 aromatic rings. The zero-order chi connectivity index (χ0) is 16.8. The smallest absolute Gasteiger partial charge is 0.244 e. The molecule has 1 heterocycles. The van der Waals surface area contributed by atoms with Crippen molar-refractivity contribution in [3.63, 3.8) is 0 Å². The van der Waals surface area contributed by atoms with Crippen molar-refractivity contribution in [2.24, 2.45) is 5.92 Å². The number of hydrogen-bond donors (Lipinski definition) is 1. The number of sulfonamides is 1. The standard InChI is InChI=1S/C14H23N3O3S2/c1-11(2)7-8-15-13(18)10-21-14-6-5-12(9-16-14)22(19,20)17(3)4/h5-6,9,11H,7-8,10H2,1-4H3,(H,15,18). The summed E-state index contributed by atoms with van der Waals surface area (Å²) in [6, 6.07) is 3.11. The Kier molecular flexibility index (Phi) is 7.31. The maximum absolute atomic E-state index is 11.9. The average Bonchev–Trinajstić information content (AvgIpc) is 2.45. The molecule has 0 aliphatic heterocycles. The fourth-order valence-electron chi connectivity index (χ4n) is 1.51. The summed E-state index contributed by atoms with van der Waals surface area (Å²) in [5.74, 6) is 0.781. The maximum Gasteiger partial charge on any atom is 0.244 e. The van der Waals surface area contributed by atoms with E-state index in [0.29, 0.717) is 17.5 Å². The Hall–Kier alpha value is -1.12. The summed E-state index contributed by atoms with van der Waals surface area (Å²) >= 11 is 1.28. The van der Waals surface area contributed by atoms with Crippen LogP contribution < -0.4 is 5.32 Å². The van der Waals surface area contributed by atoms with Crippen molar-refractivity contribution in [2.75, 3.05) is 26.4 Å². The molecule has 0 radical (unpaired) electrons. The molecule has 124 valence electrons. The monoisotopic (exact) mass is 345 g/mol. The Bertz CT molecular complexity index is 584. The number of carbonyl (C=O) groups excluding carboxylic acids is 1. The molecular weight excluding hydrogens is 322 g/mol. The number of thioether (sulfide) groups is 1. The molecule has 1 amide bonds. The lowest BCUT2D eigenvalue weighted by atomic mass is 10.1. The molecule has 0 aliphatic rings. The minimum Gasteiger partial charge on any atom is -0.355 e. The Morgan fingerprint density at radius 3 is 2.55 bits per heavy atom. The van der Waals surface area contributed by atoms with Crippen LogP contribution in [0.2, 0.25) is 0 Å². The molecule has 0 atom stereocenters. The van der Waals surface area contributed by atoms with Gasteiger partial charge >= 0.3 is 0 Å². The van der Waals surface area contributed by atoms with Gasteiger partial charge in [0, 0.05) is 26.8 Å². The van der Waals surface area contributed by atoms with Crippen LogP contribution in [-0.4, -0.2) is 50.0 Å². The summed E-state index contributed by atoms with van der Waals surface area (Å²) in [6.45, 7) is 4.88. The minimum absolute atomic E-state index is 0.0440. The molecule has 0 bridgehead atoms.